The van der Waals surface area contributed by atoms with Gasteiger partial charge in [0.15, 0.2) is 5.58 Å². The SMILES string of the molecule is Cc1ccc(NCc2nc3cc(Br)ccc3o2)cc1. The van der Waals surface area contributed by atoms with Crippen LogP contribution in [-0.2, 0) is 6.54 Å². The van der Waals surface area contributed by atoms with Gasteiger partial charge in [0.1, 0.15) is 5.52 Å². The molecule has 0 saturated carbocycles. The molecule has 0 aliphatic carbocycles. The highest BCUT2D eigenvalue weighted by atomic mass is 79.9. The number of nitrogens with one attached hydrogen (secondary N) is 1. The van der Waals surface area contributed by atoms with Gasteiger partial charge in [0.25, 0.3) is 0 Å². The summed E-state index contributed by atoms with van der Waals surface area (Å²) < 4.78 is 6.68. The summed E-state index contributed by atoms with van der Waals surface area (Å²) in [7, 11) is 0. The van der Waals surface area contributed by atoms with Crippen LogP contribution in [0.15, 0.2) is 51.4 Å². The third-order valence-electron chi connectivity index (χ3n) is 2.89. The quantitative estimate of drug-likeness (QED) is 0.772. The number of anilines is 1. The summed E-state index contributed by atoms with van der Waals surface area (Å²) in [5, 5.41) is 3.30. The number of rotatable bonds is 3. The first-order valence-corrected chi connectivity index (χ1v) is 6.85. The number of nitrogens with zero attached hydrogens (tertiary/aromatic N) is 1. The van der Waals surface area contributed by atoms with Gasteiger partial charge in [-0.3, -0.25) is 0 Å². The first-order chi connectivity index (χ1) is 9.20. The molecule has 0 atom stereocenters. The van der Waals surface area contributed by atoms with Gasteiger partial charge in [-0.1, -0.05) is 33.6 Å². The molecule has 1 N–H and O–H groups in total. The van der Waals surface area contributed by atoms with E-state index in [2.05, 4.69) is 57.4 Å². The van der Waals surface area contributed by atoms with E-state index in [-0.39, 0.29) is 0 Å². The van der Waals surface area contributed by atoms with Gasteiger partial charge in [-0.05, 0) is 37.3 Å². The van der Waals surface area contributed by atoms with E-state index in [1.54, 1.807) is 0 Å². The molecule has 3 rings (SSSR count). The van der Waals surface area contributed by atoms with Crippen molar-refractivity contribution in [3.05, 3.63) is 58.4 Å². The fraction of sp³-hybridized carbons (Fsp3) is 0.133. The van der Waals surface area contributed by atoms with Gasteiger partial charge in [0, 0.05) is 10.2 Å². The summed E-state index contributed by atoms with van der Waals surface area (Å²) in [5.74, 6) is 0.689. The zero-order chi connectivity index (χ0) is 13.2. The second-order valence-corrected chi connectivity index (χ2v) is 5.35. The maximum absolute atomic E-state index is 5.67. The Hall–Kier alpha value is -1.81. The number of benzene rings is 2. The van der Waals surface area contributed by atoms with Crippen LogP contribution in [0.4, 0.5) is 5.69 Å². The average molecular weight is 317 g/mol. The Morgan fingerprint density at radius 2 is 1.95 bits per heavy atom. The minimum Gasteiger partial charge on any atom is -0.439 e. The number of aromatic nitrogens is 1. The molecule has 2 aromatic carbocycles. The zero-order valence-electron chi connectivity index (χ0n) is 10.5. The molecule has 0 fully saturated rings. The lowest BCUT2D eigenvalue weighted by atomic mass is 10.2. The molecule has 4 heteroatoms. The number of oxazole rings is 1. The van der Waals surface area contributed by atoms with E-state index in [1.807, 2.05) is 18.2 Å². The molecule has 0 saturated heterocycles. The van der Waals surface area contributed by atoms with Crippen molar-refractivity contribution in [1.82, 2.24) is 4.98 Å². The standard InChI is InChI=1S/C15H13BrN2O/c1-10-2-5-12(6-3-10)17-9-15-18-13-8-11(16)4-7-14(13)19-15/h2-8,17H,9H2,1H3. The first-order valence-electron chi connectivity index (χ1n) is 6.06. The van der Waals surface area contributed by atoms with Crippen LogP contribution in [-0.4, -0.2) is 4.98 Å². The van der Waals surface area contributed by atoms with Gasteiger partial charge >= 0.3 is 0 Å². The van der Waals surface area contributed by atoms with Crippen LogP contribution in [0.25, 0.3) is 11.1 Å². The number of hydrogen-bond donors (Lipinski definition) is 1. The van der Waals surface area contributed by atoms with Crippen molar-refractivity contribution < 1.29 is 4.42 Å². The predicted molar refractivity (Wildman–Crippen MR) is 80.2 cm³/mol. The maximum atomic E-state index is 5.67. The molecule has 3 nitrogen and oxygen atoms in total. The van der Waals surface area contributed by atoms with Crippen LogP contribution in [0.2, 0.25) is 0 Å². The van der Waals surface area contributed by atoms with Gasteiger partial charge in [0.05, 0.1) is 6.54 Å². The Bertz CT molecular complexity index is 704. The molecule has 0 radical (unpaired) electrons. The van der Waals surface area contributed by atoms with Crippen molar-refractivity contribution >= 4 is 32.7 Å². The third-order valence-corrected chi connectivity index (χ3v) is 3.38. The van der Waals surface area contributed by atoms with Crippen LogP contribution in [0.3, 0.4) is 0 Å². The van der Waals surface area contributed by atoms with E-state index in [0.717, 1.165) is 21.3 Å². The molecule has 0 bridgehead atoms. The molecule has 3 aromatic rings. The lowest BCUT2D eigenvalue weighted by molar-refractivity contribution is 0.540. The van der Waals surface area contributed by atoms with Crippen LogP contribution in [0.1, 0.15) is 11.5 Å². The smallest absolute Gasteiger partial charge is 0.214 e. The van der Waals surface area contributed by atoms with Crippen LogP contribution in [0, 0.1) is 6.92 Å². The minimum absolute atomic E-state index is 0.579. The normalized spacial score (nSPS) is 10.8. The Balaban J connectivity index is 1.76. The monoisotopic (exact) mass is 316 g/mol. The van der Waals surface area contributed by atoms with E-state index >= 15 is 0 Å². The largest absolute Gasteiger partial charge is 0.439 e. The lowest BCUT2D eigenvalue weighted by Crippen LogP contribution is -1.99. The zero-order valence-corrected chi connectivity index (χ0v) is 12.1. The molecule has 0 spiro atoms. The molecular weight excluding hydrogens is 304 g/mol. The van der Waals surface area contributed by atoms with E-state index in [4.69, 9.17) is 4.42 Å². The van der Waals surface area contributed by atoms with Crippen molar-refractivity contribution in [3.8, 4) is 0 Å². The Morgan fingerprint density at radius 1 is 1.16 bits per heavy atom. The minimum atomic E-state index is 0.579. The van der Waals surface area contributed by atoms with Crippen molar-refractivity contribution in [3.63, 3.8) is 0 Å². The van der Waals surface area contributed by atoms with Gasteiger partial charge in [-0.25, -0.2) is 4.98 Å². The number of hydrogen-bond acceptors (Lipinski definition) is 3. The number of aryl methyl sites for hydroxylation is 1. The second-order valence-electron chi connectivity index (χ2n) is 4.44. The third kappa shape index (κ3) is 2.79. The summed E-state index contributed by atoms with van der Waals surface area (Å²) in [6.07, 6.45) is 0. The van der Waals surface area contributed by atoms with Crippen LogP contribution >= 0.6 is 15.9 Å². The molecule has 19 heavy (non-hydrogen) atoms. The Morgan fingerprint density at radius 3 is 2.74 bits per heavy atom. The summed E-state index contributed by atoms with van der Waals surface area (Å²) in [5.41, 5.74) is 3.99. The Labute approximate surface area is 119 Å². The molecule has 1 aromatic heterocycles. The fourth-order valence-electron chi connectivity index (χ4n) is 1.87. The average Bonchev–Trinajstić information content (AvgIpc) is 2.80. The molecule has 0 aliphatic rings. The first kappa shape index (κ1) is 12.2. The summed E-state index contributed by atoms with van der Waals surface area (Å²) in [6, 6.07) is 14.1. The van der Waals surface area contributed by atoms with Crippen LogP contribution < -0.4 is 5.32 Å². The summed E-state index contributed by atoms with van der Waals surface area (Å²) in [6.45, 7) is 2.65. The van der Waals surface area contributed by atoms with Crippen molar-refractivity contribution in [2.75, 3.05) is 5.32 Å². The maximum Gasteiger partial charge on any atom is 0.214 e. The number of halogens is 1. The van der Waals surface area contributed by atoms with Crippen LogP contribution in [0.5, 0.6) is 0 Å². The molecular formula is C15H13BrN2O. The van der Waals surface area contributed by atoms with E-state index in [0.29, 0.717) is 12.4 Å². The summed E-state index contributed by atoms with van der Waals surface area (Å²) >= 11 is 3.43. The van der Waals surface area contributed by atoms with E-state index < -0.39 is 0 Å². The van der Waals surface area contributed by atoms with Gasteiger partial charge in [-0.15, -0.1) is 0 Å². The van der Waals surface area contributed by atoms with Gasteiger partial charge in [0.2, 0.25) is 5.89 Å². The molecule has 96 valence electrons. The fourth-order valence-corrected chi connectivity index (χ4v) is 2.22. The van der Waals surface area contributed by atoms with E-state index in [1.165, 1.54) is 5.56 Å². The topological polar surface area (TPSA) is 38.1 Å². The molecule has 0 aliphatic heterocycles. The van der Waals surface area contributed by atoms with Crippen molar-refractivity contribution in [1.29, 1.82) is 0 Å². The molecule has 0 unspecified atom stereocenters. The van der Waals surface area contributed by atoms with Crippen molar-refractivity contribution in [2.24, 2.45) is 0 Å². The highest BCUT2D eigenvalue weighted by Gasteiger charge is 2.05. The number of fused-ring (bicyclic) bond motifs is 1. The van der Waals surface area contributed by atoms with E-state index in [9.17, 15) is 0 Å². The highest BCUT2D eigenvalue weighted by Crippen LogP contribution is 2.21. The van der Waals surface area contributed by atoms with Gasteiger partial charge in [-0.2, -0.15) is 0 Å². The Kier molecular flexibility index (Phi) is 3.25. The molecule has 0 amide bonds. The predicted octanol–water partition coefficient (Wildman–Crippen LogP) is 4.51. The van der Waals surface area contributed by atoms with Crippen molar-refractivity contribution in [2.45, 2.75) is 13.5 Å². The molecule has 1 heterocycles. The summed E-state index contributed by atoms with van der Waals surface area (Å²) in [4.78, 5) is 4.45. The highest BCUT2D eigenvalue weighted by molar-refractivity contribution is 9.10. The lowest BCUT2D eigenvalue weighted by Gasteiger charge is -2.03. The second kappa shape index (κ2) is 5.05. The van der Waals surface area contributed by atoms with Gasteiger partial charge < -0.3 is 9.73 Å².